The van der Waals surface area contributed by atoms with Crippen molar-refractivity contribution in [3.05, 3.63) is 45.1 Å². The fourth-order valence-corrected chi connectivity index (χ4v) is 4.37. The Morgan fingerprint density at radius 2 is 1.77 bits per heavy atom. The Morgan fingerprint density at radius 1 is 1.10 bits per heavy atom. The number of hydrogen-bond acceptors (Lipinski definition) is 4. The average Bonchev–Trinajstić information content (AvgIpc) is 2.75. The van der Waals surface area contributed by atoms with E-state index in [-0.39, 0.29) is 24.8 Å². The zero-order valence-electron chi connectivity index (χ0n) is 17.7. The third-order valence-corrected chi connectivity index (χ3v) is 6.01. The number of aromatic nitrogens is 2. The molecule has 0 radical (unpaired) electrons. The monoisotopic (exact) mass is 414 g/mol. The number of hydrogen-bond donors (Lipinski definition) is 2. The zero-order chi connectivity index (χ0) is 21.7. The number of nitrogens with one attached hydrogen (secondary N) is 2. The maximum Gasteiger partial charge on any atom is 0.328 e. The number of carbonyl (C=O) groups is 2. The maximum absolute atomic E-state index is 13.2. The topological polar surface area (TPSA) is 104 Å². The highest BCUT2D eigenvalue weighted by Crippen LogP contribution is 2.30. The van der Waals surface area contributed by atoms with Crippen molar-refractivity contribution in [2.45, 2.75) is 64.5 Å². The number of nitrogens with zero attached hydrogens (tertiary/aromatic N) is 2. The minimum Gasteiger partial charge on any atom is -0.342 e. The van der Waals surface area contributed by atoms with Crippen LogP contribution in [0.3, 0.4) is 0 Å². The van der Waals surface area contributed by atoms with E-state index in [1.807, 2.05) is 13.8 Å². The Hall–Kier alpha value is -2.90. The van der Waals surface area contributed by atoms with E-state index < -0.39 is 16.8 Å². The normalized spacial score (nSPS) is 15.7. The quantitative estimate of drug-likeness (QED) is 0.720. The molecule has 3 rings (SSSR count). The highest BCUT2D eigenvalue weighted by atomic mass is 16.2. The molecule has 0 bridgehead atoms. The van der Waals surface area contributed by atoms with Crippen LogP contribution in [-0.2, 0) is 16.1 Å². The van der Waals surface area contributed by atoms with E-state index >= 15 is 0 Å². The molecular formula is C22H30N4O4. The van der Waals surface area contributed by atoms with Gasteiger partial charge in [0.15, 0.2) is 0 Å². The van der Waals surface area contributed by atoms with Gasteiger partial charge in [0, 0.05) is 26.1 Å². The number of benzene rings is 1. The molecule has 1 aliphatic carbocycles. The third kappa shape index (κ3) is 4.32. The molecule has 0 spiro atoms. The molecule has 0 aliphatic heterocycles. The van der Waals surface area contributed by atoms with Crippen molar-refractivity contribution >= 4 is 22.7 Å². The van der Waals surface area contributed by atoms with Crippen molar-refractivity contribution < 1.29 is 9.59 Å². The summed E-state index contributed by atoms with van der Waals surface area (Å²) in [6, 6.07) is 6.81. The molecule has 1 saturated carbocycles. The predicted molar refractivity (Wildman–Crippen MR) is 115 cm³/mol. The molecule has 30 heavy (non-hydrogen) atoms. The lowest BCUT2D eigenvalue weighted by molar-refractivity contribution is -0.143. The summed E-state index contributed by atoms with van der Waals surface area (Å²) in [5.41, 5.74) is -1.36. The zero-order valence-corrected chi connectivity index (χ0v) is 17.7. The summed E-state index contributed by atoms with van der Waals surface area (Å²) in [6.45, 7) is 5.20. The molecule has 1 heterocycles. The summed E-state index contributed by atoms with van der Waals surface area (Å²) >= 11 is 0. The predicted octanol–water partition coefficient (Wildman–Crippen LogP) is 1.77. The van der Waals surface area contributed by atoms with Crippen LogP contribution in [0.5, 0.6) is 0 Å². The van der Waals surface area contributed by atoms with Gasteiger partial charge in [0.25, 0.3) is 5.56 Å². The lowest BCUT2D eigenvalue weighted by Crippen LogP contribution is -2.60. The number of aromatic amines is 1. The second-order valence-electron chi connectivity index (χ2n) is 7.85. The summed E-state index contributed by atoms with van der Waals surface area (Å²) < 4.78 is 1.40. The number of H-pyrrole nitrogens is 1. The highest BCUT2D eigenvalue weighted by Gasteiger charge is 2.42. The van der Waals surface area contributed by atoms with E-state index in [0.29, 0.717) is 36.8 Å². The average molecular weight is 415 g/mol. The van der Waals surface area contributed by atoms with Crippen LogP contribution in [0.4, 0.5) is 0 Å². The molecule has 1 aliphatic rings. The lowest BCUT2D eigenvalue weighted by Gasteiger charge is -2.40. The molecule has 0 saturated heterocycles. The van der Waals surface area contributed by atoms with Gasteiger partial charge in [-0.05, 0) is 38.8 Å². The Kier molecular flexibility index (Phi) is 6.74. The first kappa shape index (κ1) is 21.8. The fraction of sp³-hybridized carbons (Fsp3) is 0.545. The van der Waals surface area contributed by atoms with Gasteiger partial charge in [-0.2, -0.15) is 0 Å². The van der Waals surface area contributed by atoms with Crippen LogP contribution in [0.1, 0.15) is 52.4 Å². The van der Waals surface area contributed by atoms with Crippen LogP contribution >= 0.6 is 0 Å². The van der Waals surface area contributed by atoms with Gasteiger partial charge in [0.1, 0.15) is 5.54 Å². The minimum atomic E-state index is -0.862. The van der Waals surface area contributed by atoms with Gasteiger partial charge in [0.2, 0.25) is 11.8 Å². The number of aryl methyl sites for hydroxylation is 1. The van der Waals surface area contributed by atoms with Crippen LogP contribution in [0.15, 0.2) is 33.9 Å². The van der Waals surface area contributed by atoms with Crippen molar-refractivity contribution in [1.82, 2.24) is 19.8 Å². The first-order valence-electron chi connectivity index (χ1n) is 10.7. The Labute approximate surface area is 175 Å². The largest absolute Gasteiger partial charge is 0.342 e. The number of fused-ring (bicyclic) bond motifs is 1. The molecule has 1 fully saturated rings. The van der Waals surface area contributed by atoms with Crippen LogP contribution in [0.25, 0.3) is 10.9 Å². The number of rotatable bonds is 7. The van der Waals surface area contributed by atoms with Gasteiger partial charge in [-0.1, -0.05) is 31.4 Å². The van der Waals surface area contributed by atoms with Crippen LogP contribution in [0, 0.1) is 0 Å². The third-order valence-electron chi connectivity index (χ3n) is 6.01. The van der Waals surface area contributed by atoms with E-state index in [1.54, 1.807) is 29.2 Å². The van der Waals surface area contributed by atoms with Gasteiger partial charge in [-0.3, -0.25) is 23.9 Å². The number of para-hydroxylation sites is 1. The number of likely N-dealkylation sites (N-methyl/N-ethyl adjacent to an activating group) is 1. The summed E-state index contributed by atoms with van der Waals surface area (Å²) in [7, 11) is 0. The van der Waals surface area contributed by atoms with E-state index in [2.05, 4.69) is 10.3 Å². The molecule has 0 atom stereocenters. The molecule has 8 nitrogen and oxygen atoms in total. The number of carbonyl (C=O) groups excluding carboxylic acids is 2. The smallest absolute Gasteiger partial charge is 0.328 e. The molecular weight excluding hydrogens is 384 g/mol. The van der Waals surface area contributed by atoms with Crippen LogP contribution < -0.4 is 16.6 Å². The summed E-state index contributed by atoms with van der Waals surface area (Å²) in [5.74, 6) is -0.285. The molecule has 2 aromatic rings. The van der Waals surface area contributed by atoms with Crippen molar-refractivity contribution in [3.63, 3.8) is 0 Å². The Bertz CT molecular complexity index is 1030. The summed E-state index contributed by atoms with van der Waals surface area (Å²) in [6.07, 6.45) is 4.17. The minimum absolute atomic E-state index is 0.0211. The van der Waals surface area contributed by atoms with E-state index in [0.717, 1.165) is 19.3 Å². The highest BCUT2D eigenvalue weighted by molar-refractivity contribution is 5.91. The van der Waals surface area contributed by atoms with Crippen molar-refractivity contribution in [1.29, 1.82) is 0 Å². The van der Waals surface area contributed by atoms with E-state index in [1.165, 1.54) is 4.57 Å². The van der Waals surface area contributed by atoms with Gasteiger partial charge < -0.3 is 10.2 Å². The molecule has 1 aromatic heterocycles. The van der Waals surface area contributed by atoms with Crippen LogP contribution in [0.2, 0.25) is 0 Å². The summed E-state index contributed by atoms with van der Waals surface area (Å²) in [5, 5.41) is 3.41. The van der Waals surface area contributed by atoms with E-state index in [4.69, 9.17) is 0 Å². The lowest BCUT2D eigenvalue weighted by atomic mass is 9.80. The van der Waals surface area contributed by atoms with Crippen molar-refractivity contribution in [2.75, 3.05) is 13.1 Å². The molecule has 1 aromatic carbocycles. The van der Waals surface area contributed by atoms with E-state index in [9.17, 15) is 19.2 Å². The van der Waals surface area contributed by atoms with Gasteiger partial charge in [0.05, 0.1) is 10.9 Å². The molecule has 2 N–H and O–H groups in total. The number of amides is 2. The summed E-state index contributed by atoms with van der Waals surface area (Å²) in [4.78, 5) is 54.4. The second-order valence-corrected chi connectivity index (χ2v) is 7.85. The van der Waals surface area contributed by atoms with Gasteiger partial charge in [-0.15, -0.1) is 0 Å². The van der Waals surface area contributed by atoms with Crippen LogP contribution in [-0.4, -0.2) is 44.9 Å². The standard InChI is InChI=1S/C22H30N4O4/c1-3-25(4-2)20(29)22(13-8-5-9-14-22)24-18(27)12-15-26-17-11-7-6-10-16(17)19(28)23-21(26)30/h6-7,10-11H,3-5,8-9,12-15H2,1-2H3,(H,24,27)(H,23,28,30). The first-order chi connectivity index (χ1) is 14.4. The van der Waals surface area contributed by atoms with Gasteiger partial charge in [-0.25, -0.2) is 4.79 Å². The van der Waals surface area contributed by atoms with Gasteiger partial charge >= 0.3 is 5.69 Å². The Balaban J connectivity index is 1.79. The molecule has 8 heteroatoms. The Morgan fingerprint density at radius 3 is 2.43 bits per heavy atom. The molecule has 0 unspecified atom stereocenters. The van der Waals surface area contributed by atoms with Crippen molar-refractivity contribution in [3.8, 4) is 0 Å². The SMILES string of the molecule is CCN(CC)C(=O)C1(NC(=O)CCn2c(=O)[nH]c(=O)c3ccccc32)CCCCC1. The van der Waals surface area contributed by atoms with Crippen molar-refractivity contribution in [2.24, 2.45) is 0 Å². The molecule has 2 amide bonds. The first-order valence-corrected chi connectivity index (χ1v) is 10.7. The maximum atomic E-state index is 13.2. The fourth-order valence-electron chi connectivity index (χ4n) is 4.37. The second kappa shape index (κ2) is 9.28. The molecule has 162 valence electrons.